The van der Waals surface area contributed by atoms with Crippen LogP contribution in [0.25, 0.3) is 11.1 Å². The summed E-state index contributed by atoms with van der Waals surface area (Å²) in [6.07, 6.45) is 8.75. The molecule has 3 heterocycles. The third-order valence-corrected chi connectivity index (χ3v) is 7.23. The highest BCUT2D eigenvalue weighted by molar-refractivity contribution is 6.06. The number of nitrogens with zero attached hydrogens (tertiary/aromatic N) is 3. The van der Waals surface area contributed by atoms with E-state index >= 15 is 0 Å². The third kappa shape index (κ3) is 6.02. The molecule has 2 aliphatic heterocycles. The fourth-order valence-corrected chi connectivity index (χ4v) is 5.04. The summed E-state index contributed by atoms with van der Waals surface area (Å²) in [5.41, 5.74) is 10.7. The number of carbonyl (C=O) groups excluding carboxylic acids is 2. The normalized spacial score (nSPS) is 16.3. The van der Waals surface area contributed by atoms with Gasteiger partial charge in [-0.1, -0.05) is 6.07 Å². The quantitative estimate of drug-likeness (QED) is 0.427. The van der Waals surface area contributed by atoms with E-state index in [0.29, 0.717) is 23.0 Å². The van der Waals surface area contributed by atoms with Crippen LogP contribution in [0.15, 0.2) is 67.0 Å². The maximum Gasteiger partial charge on any atom is 0.319 e. The Morgan fingerprint density at radius 2 is 1.49 bits per heavy atom. The van der Waals surface area contributed by atoms with Gasteiger partial charge in [-0.05, 0) is 91.8 Å². The van der Waals surface area contributed by atoms with E-state index in [1.807, 2.05) is 58.3 Å². The molecule has 5 rings (SSSR count). The van der Waals surface area contributed by atoms with Gasteiger partial charge in [0.15, 0.2) is 0 Å². The van der Waals surface area contributed by atoms with Gasteiger partial charge in [0.1, 0.15) is 0 Å². The Morgan fingerprint density at radius 3 is 2.19 bits per heavy atom. The van der Waals surface area contributed by atoms with Gasteiger partial charge in [0.25, 0.3) is 5.91 Å². The number of likely N-dealkylation sites (tertiary alicyclic amines) is 2. The zero-order valence-corrected chi connectivity index (χ0v) is 21.0. The number of rotatable bonds is 5. The van der Waals surface area contributed by atoms with E-state index < -0.39 is 0 Å². The summed E-state index contributed by atoms with van der Waals surface area (Å²) in [7, 11) is 0. The molecule has 1 aromatic heterocycles. The minimum atomic E-state index is -0.213. The first kappa shape index (κ1) is 24.6. The van der Waals surface area contributed by atoms with Crippen LogP contribution in [-0.4, -0.2) is 58.9 Å². The summed E-state index contributed by atoms with van der Waals surface area (Å²) in [5.74, 6) is -0.213. The van der Waals surface area contributed by atoms with Gasteiger partial charge in [0.05, 0.1) is 11.4 Å². The molecule has 4 N–H and O–H groups in total. The van der Waals surface area contributed by atoms with Crippen LogP contribution in [0.3, 0.4) is 0 Å². The number of nitrogen functional groups attached to an aromatic ring is 1. The Labute approximate surface area is 217 Å². The number of aromatic nitrogens is 1. The molecule has 3 amide bonds. The van der Waals surface area contributed by atoms with Crippen molar-refractivity contribution >= 4 is 29.0 Å². The number of piperidine rings is 2. The van der Waals surface area contributed by atoms with Crippen LogP contribution in [0.2, 0.25) is 0 Å². The number of hydrogen-bond donors (Lipinski definition) is 3. The Kier molecular flexibility index (Phi) is 7.54. The van der Waals surface area contributed by atoms with E-state index in [1.54, 1.807) is 18.5 Å². The first-order valence-electron chi connectivity index (χ1n) is 13.1. The van der Waals surface area contributed by atoms with Crippen molar-refractivity contribution in [2.45, 2.75) is 38.1 Å². The minimum absolute atomic E-state index is 0.195. The molecule has 2 saturated heterocycles. The fraction of sp³-hybridized carbons (Fsp3) is 0.345. The number of urea groups is 1. The van der Waals surface area contributed by atoms with Crippen LogP contribution in [0, 0.1) is 0 Å². The van der Waals surface area contributed by atoms with Gasteiger partial charge < -0.3 is 26.2 Å². The lowest BCUT2D eigenvalue weighted by Crippen LogP contribution is -2.49. The van der Waals surface area contributed by atoms with E-state index in [9.17, 15) is 9.59 Å². The molecule has 2 fully saturated rings. The predicted octanol–water partition coefficient (Wildman–Crippen LogP) is 5.07. The van der Waals surface area contributed by atoms with Crippen molar-refractivity contribution in [3.8, 4) is 11.1 Å². The second kappa shape index (κ2) is 11.3. The lowest BCUT2D eigenvalue weighted by Gasteiger charge is -2.37. The molecule has 0 saturated carbocycles. The number of nitrogens with two attached hydrogens (primary N) is 1. The topological polar surface area (TPSA) is 104 Å². The fourth-order valence-electron chi connectivity index (χ4n) is 5.04. The SMILES string of the molecule is Nc1ccc(-c2ccncc2)cc1NC(=O)c1ccc(NC2CCN(C(=O)N3CCCCC3)CC2)cc1. The molecule has 37 heavy (non-hydrogen) atoms. The van der Waals surface area contributed by atoms with Crippen LogP contribution < -0.4 is 16.4 Å². The molecule has 0 radical (unpaired) electrons. The zero-order valence-electron chi connectivity index (χ0n) is 21.0. The van der Waals surface area contributed by atoms with E-state index in [4.69, 9.17) is 5.73 Å². The molecule has 3 aromatic rings. The monoisotopic (exact) mass is 498 g/mol. The Balaban J connectivity index is 1.14. The van der Waals surface area contributed by atoms with Crippen molar-refractivity contribution in [2.24, 2.45) is 0 Å². The van der Waals surface area contributed by atoms with Gasteiger partial charge in [-0.2, -0.15) is 0 Å². The van der Waals surface area contributed by atoms with E-state index in [0.717, 1.165) is 68.7 Å². The predicted molar refractivity (Wildman–Crippen MR) is 148 cm³/mol. The van der Waals surface area contributed by atoms with Crippen LogP contribution >= 0.6 is 0 Å². The highest BCUT2D eigenvalue weighted by atomic mass is 16.2. The van der Waals surface area contributed by atoms with Crippen LogP contribution in [0.5, 0.6) is 0 Å². The summed E-state index contributed by atoms with van der Waals surface area (Å²) in [4.78, 5) is 33.7. The van der Waals surface area contributed by atoms with Crippen molar-refractivity contribution in [3.63, 3.8) is 0 Å². The van der Waals surface area contributed by atoms with Crippen molar-refractivity contribution in [1.82, 2.24) is 14.8 Å². The van der Waals surface area contributed by atoms with E-state index in [2.05, 4.69) is 15.6 Å². The maximum atomic E-state index is 12.9. The lowest BCUT2D eigenvalue weighted by molar-refractivity contribution is 0.102. The first-order valence-corrected chi connectivity index (χ1v) is 13.1. The van der Waals surface area contributed by atoms with Gasteiger partial charge in [0, 0.05) is 55.9 Å². The van der Waals surface area contributed by atoms with Gasteiger partial charge in [-0.15, -0.1) is 0 Å². The number of nitrogens with one attached hydrogen (secondary N) is 2. The second-order valence-corrected chi connectivity index (χ2v) is 9.81. The highest BCUT2D eigenvalue weighted by Gasteiger charge is 2.27. The molecule has 2 aliphatic rings. The number of pyridine rings is 1. The summed E-state index contributed by atoms with van der Waals surface area (Å²) in [6, 6.07) is 17.4. The van der Waals surface area contributed by atoms with Crippen LogP contribution in [-0.2, 0) is 0 Å². The van der Waals surface area contributed by atoms with Gasteiger partial charge in [-0.25, -0.2) is 4.79 Å². The Bertz CT molecular complexity index is 1220. The molecular formula is C29H34N6O2. The van der Waals surface area contributed by atoms with Crippen molar-refractivity contribution in [1.29, 1.82) is 0 Å². The van der Waals surface area contributed by atoms with Gasteiger partial charge >= 0.3 is 6.03 Å². The second-order valence-electron chi connectivity index (χ2n) is 9.81. The molecule has 0 bridgehead atoms. The third-order valence-electron chi connectivity index (χ3n) is 7.23. The number of benzene rings is 2. The summed E-state index contributed by atoms with van der Waals surface area (Å²) in [5, 5.41) is 6.50. The number of hydrogen-bond acceptors (Lipinski definition) is 5. The van der Waals surface area contributed by atoms with Crippen molar-refractivity contribution in [3.05, 3.63) is 72.6 Å². The summed E-state index contributed by atoms with van der Waals surface area (Å²) >= 11 is 0. The molecule has 0 atom stereocenters. The first-order chi connectivity index (χ1) is 18.1. The van der Waals surface area contributed by atoms with Crippen LogP contribution in [0.4, 0.5) is 21.9 Å². The molecule has 8 heteroatoms. The molecule has 192 valence electrons. The summed E-state index contributed by atoms with van der Waals surface area (Å²) in [6.45, 7) is 3.32. The molecule has 0 spiro atoms. The minimum Gasteiger partial charge on any atom is -0.397 e. The van der Waals surface area contributed by atoms with Crippen molar-refractivity contribution in [2.75, 3.05) is 42.5 Å². The van der Waals surface area contributed by atoms with Gasteiger partial charge in [-0.3, -0.25) is 9.78 Å². The standard InChI is InChI=1S/C29H34N6O2/c30-26-9-6-23(21-10-14-31-15-11-21)20-27(26)33-28(36)22-4-7-24(8-5-22)32-25-12-18-35(19-13-25)29(37)34-16-2-1-3-17-34/h4-11,14-15,20,25,32H,1-3,12-13,16-19,30H2,(H,33,36). The molecular weight excluding hydrogens is 464 g/mol. The lowest BCUT2D eigenvalue weighted by atomic mass is 10.0. The molecule has 0 unspecified atom stereocenters. The van der Waals surface area contributed by atoms with Crippen molar-refractivity contribution < 1.29 is 9.59 Å². The maximum absolute atomic E-state index is 12.9. The van der Waals surface area contributed by atoms with Crippen LogP contribution in [0.1, 0.15) is 42.5 Å². The zero-order chi connectivity index (χ0) is 25.6. The van der Waals surface area contributed by atoms with E-state index in [-0.39, 0.29) is 11.9 Å². The van der Waals surface area contributed by atoms with E-state index in [1.165, 1.54) is 6.42 Å². The number of anilines is 3. The largest absolute Gasteiger partial charge is 0.397 e. The Hall–Kier alpha value is -4.07. The summed E-state index contributed by atoms with van der Waals surface area (Å²) < 4.78 is 0. The number of amides is 3. The molecule has 8 nitrogen and oxygen atoms in total. The average Bonchev–Trinajstić information content (AvgIpc) is 2.95. The average molecular weight is 499 g/mol. The smallest absolute Gasteiger partial charge is 0.319 e. The number of carbonyl (C=O) groups is 2. The molecule has 0 aliphatic carbocycles. The molecule has 2 aromatic carbocycles. The Morgan fingerprint density at radius 1 is 0.811 bits per heavy atom. The highest BCUT2D eigenvalue weighted by Crippen LogP contribution is 2.27. The van der Waals surface area contributed by atoms with Gasteiger partial charge in [0.2, 0.25) is 0 Å².